The van der Waals surface area contributed by atoms with Crippen molar-refractivity contribution in [3.63, 3.8) is 0 Å². The van der Waals surface area contributed by atoms with Gasteiger partial charge in [0.25, 0.3) is 0 Å². The van der Waals surface area contributed by atoms with Gasteiger partial charge in [0.2, 0.25) is 5.91 Å². The fourth-order valence-electron chi connectivity index (χ4n) is 6.70. The van der Waals surface area contributed by atoms with E-state index in [0.717, 1.165) is 51.5 Å². The van der Waals surface area contributed by atoms with Gasteiger partial charge in [0.15, 0.2) is 5.82 Å². The molecule has 1 atom stereocenters. The first-order valence-electron chi connectivity index (χ1n) is 13.7. The summed E-state index contributed by atoms with van der Waals surface area (Å²) >= 11 is 0. The number of anilines is 2. The van der Waals surface area contributed by atoms with E-state index in [4.69, 9.17) is 9.84 Å². The molecule has 194 valence electrons. The Labute approximate surface area is 218 Å². The number of rotatable bonds is 5. The zero-order valence-corrected chi connectivity index (χ0v) is 21.8. The molecule has 8 nitrogen and oxygen atoms in total. The molecule has 2 saturated heterocycles. The molecule has 5 heterocycles. The summed E-state index contributed by atoms with van der Waals surface area (Å²) in [7, 11) is 1.96. The lowest BCUT2D eigenvalue weighted by molar-refractivity contribution is -0.129. The van der Waals surface area contributed by atoms with Crippen molar-refractivity contribution >= 4 is 23.0 Å². The van der Waals surface area contributed by atoms with E-state index in [2.05, 4.69) is 50.7 Å². The van der Waals surface area contributed by atoms with Crippen LogP contribution in [-0.4, -0.2) is 60.5 Å². The molecular weight excluding hydrogens is 464 g/mol. The summed E-state index contributed by atoms with van der Waals surface area (Å²) in [5.41, 5.74) is 9.16. The lowest BCUT2D eigenvalue weighted by atomic mass is 9.65. The van der Waals surface area contributed by atoms with Gasteiger partial charge in [-0.05, 0) is 54.2 Å². The Hall–Kier alpha value is -3.26. The Morgan fingerprint density at radius 2 is 2.19 bits per heavy atom. The number of ether oxygens (including phenoxy) is 1. The van der Waals surface area contributed by atoms with E-state index in [0.29, 0.717) is 6.54 Å². The Bertz CT molecular complexity index is 1310. The highest BCUT2D eigenvalue weighted by Crippen LogP contribution is 2.55. The molecular formula is C29H36N6O2. The van der Waals surface area contributed by atoms with Gasteiger partial charge in [-0.3, -0.25) is 9.48 Å². The van der Waals surface area contributed by atoms with E-state index in [1.807, 2.05) is 11.9 Å². The van der Waals surface area contributed by atoms with Crippen molar-refractivity contribution in [2.75, 3.05) is 44.8 Å². The summed E-state index contributed by atoms with van der Waals surface area (Å²) < 4.78 is 7.99. The van der Waals surface area contributed by atoms with Gasteiger partial charge in [0.05, 0.1) is 25.7 Å². The number of allylic oxidation sites excluding steroid dienone is 2. The number of nitrogens with one attached hydrogen (secondary N) is 2. The molecule has 0 bridgehead atoms. The molecule has 1 saturated carbocycles. The minimum absolute atomic E-state index is 0.138. The summed E-state index contributed by atoms with van der Waals surface area (Å²) in [6, 6.07) is 7.26. The highest BCUT2D eigenvalue weighted by molar-refractivity contribution is 5.81. The highest BCUT2D eigenvalue weighted by Gasteiger charge is 2.49. The van der Waals surface area contributed by atoms with Crippen molar-refractivity contribution in [2.45, 2.75) is 57.0 Å². The number of hydrogen-bond acceptors (Lipinski definition) is 6. The first-order valence-corrected chi connectivity index (χ1v) is 13.7. The van der Waals surface area contributed by atoms with Crippen LogP contribution in [0.5, 0.6) is 0 Å². The number of aromatic nitrogens is 2. The summed E-state index contributed by atoms with van der Waals surface area (Å²) in [6.45, 7) is 6.53. The van der Waals surface area contributed by atoms with Crippen LogP contribution in [0.1, 0.15) is 61.0 Å². The predicted molar refractivity (Wildman–Crippen MR) is 144 cm³/mol. The van der Waals surface area contributed by atoms with Gasteiger partial charge < -0.3 is 25.2 Å². The minimum Gasteiger partial charge on any atom is -0.393 e. The van der Waals surface area contributed by atoms with Gasteiger partial charge in [0.1, 0.15) is 0 Å². The van der Waals surface area contributed by atoms with E-state index in [9.17, 15) is 4.79 Å². The maximum absolute atomic E-state index is 12.3. The van der Waals surface area contributed by atoms with Crippen molar-refractivity contribution in [1.82, 2.24) is 25.3 Å². The van der Waals surface area contributed by atoms with Crippen LogP contribution in [0.25, 0.3) is 5.57 Å². The molecule has 8 heteroatoms. The number of nitrogens with zero attached hydrogens (tertiary/aromatic N) is 4. The predicted octanol–water partition coefficient (Wildman–Crippen LogP) is 3.37. The fraction of sp³-hybridized carbons (Fsp3) is 0.517. The van der Waals surface area contributed by atoms with Crippen LogP contribution in [0.3, 0.4) is 0 Å². The third-order valence-electron chi connectivity index (χ3n) is 8.99. The van der Waals surface area contributed by atoms with E-state index < -0.39 is 0 Å². The molecule has 2 N–H and O–H groups in total. The van der Waals surface area contributed by atoms with Gasteiger partial charge >= 0.3 is 0 Å². The molecule has 7 rings (SSSR count). The molecule has 3 fully saturated rings. The van der Waals surface area contributed by atoms with E-state index in [1.165, 1.54) is 58.6 Å². The van der Waals surface area contributed by atoms with Crippen molar-refractivity contribution < 1.29 is 9.53 Å². The zero-order chi connectivity index (χ0) is 25.1. The molecule has 1 aromatic heterocycles. The fourth-order valence-corrected chi connectivity index (χ4v) is 6.70. The SMILES string of the molecule is CN/C=C(\C=C1/CN1)c1ccc2c(c1)C1(CCC1)CN2c1nn(C2CCOC2)c2c1CN(C(C)=O)CC2. The van der Waals surface area contributed by atoms with Crippen LogP contribution < -0.4 is 15.5 Å². The van der Waals surface area contributed by atoms with Crippen molar-refractivity contribution in [3.8, 4) is 0 Å². The molecule has 1 unspecified atom stereocenters. The third kappa shape index (κ3) is 3.76. The smallest absolute Gasteiger partial charge is 0.219 e. The summed E-state index contributed by atoms with van der Waals surface area (Å²) in [5, 5.41) is 11.8. The second-order valence-electron chi connectivity index (χ2n) is 11.3. The lowest BCUT2D eigenvalue weighted by Crippen LogP contribution is -2.39. The number of carbonyl (C=O) groups is 1. The molecule has 1 amide bonds. The monoisotopic (exact) mass is 500 g/mol. The Morgan fingerprint density at radius 1 is 1.32 bits per heavy atom. The Morgan fingerprint density at radius 3 is 2.86 bits per heavy atom. The van der Waals surface area contributed by atoms with Crippen molar-refractivity contribution in [3.05, 3.63) is 58.6 Å². The van der Waals surface area contributed by atoms with E-state index >= 15 is 0 Å². The minimum atomic E-state index is 0.138. The first kappa shape index (κ1) is 22.9. The number of carbonyl (C=O) groups excluding carboxylic acids is 1. The van der Waals surface area contributed by atoms with E-state index in [-0.39, 0.29) is 17.4 Å². The molecule has 2 aromatic rings. The van der Waals surface area contributed by atoms with Crippen LogP contribution >= 0.6 is 0 Å². The van der Waals surface area contributed by atoms with Gasteiger partial charge in [-0.25, -0.2) is 0 Å². The zero-order valence-electron chi connectivity index (χ0n) is 21.8. The van der Waals surface area contributed by atoms with Gasteiger partial charge in [-0.2, -0.15) is 5.10 Å². The number of hydrogen-bond donors (Lipinski definition) is 2. The largest absolute Gasteiger partial charge is 0.393 e. The molecule has 4 aliphatic heterocycles. The second kappa shape index (κ2) is 8.65. The van der Waals surface area contributed by atoms with Gasteiger partial charge in [0, 0.05) is 74.3 Å². The van der Waals surface area contributed by atoms with Gasteiger partial charge in [-0.15, -0.1) is 0 Å². The van der Waals surface area contributed by atoms with Crippen LogP contribution in [0.4, 0.5) is 11.5 Å². The topological polar surface area (TPSA) is 84.6 Å². The molecule has 1 aliphatic carbocycles. The van der Waals surface area contributed by atoms with Crippen LogP contribution in [0.2, 0.25) is 0 Å². The van der Waals surface area contributed by atoms with Crippen LogP contribution in [0, 0.1) is 0 Å². The molecule has 5 aliphatic rings. The van der Waals surface area contributed by atoms with Gasteiger partial charge in [-0.1, -0.05) is 12.5 Å². The van der Waals surface area contributed by atoms with Crippen molar-refractivity contribution in [1.29, 1.82) is 0 Å². The Balaban J connectivity index is 1.32. The maximum Gasteiger partial charge on any atom is 0.219 e. The third-order valence-corrected chi connectivity index (χ3v) is 8.99. The van der Waals surface area contributed by atoms with E-state index in [1.54, 1.807) is 6.92 Å². The quantitative estimate of drug-likeness (QED) is 0.613. The summed E-state index contributed by atoms with van der Waals surface area (Å²) in [5.74, 6) is 1.18. The first-order chi connectivity index (χ1) is 18.1. The Kier molecular flexibility index (Phi) is 5.36. The van der Waals surface area contributed by atoms with Crippen molar-refractivity contribution in [2.24, 2.45) is 0 Å². The number of fused-ring (bicyclic) bond motifs is 3. The summed E-state index contributed by atoms with van der Waals surface area (Å²) in [6.07, 6.45) is 9.89. The average molecular weight is 501 g/mol. The standard InChI is InChI=1S/C29H36N6O2/c1-19(36)33-10-6-26-24(16-33)28(32-35(26)23-7-11-37-17-23)34-18-29(8-3-9-29)25-13-20(4-5-27(25)34)21(14-30-2)12-22-15-31-22/h4-5,12-14,23,30-31H,3,6-11,15-18H2,1-2H3/b21-14+,22-12+. The van der Waals surface area contributed by atoms with Crippen LogP contribution in [0.15, 0.2) is 36.2 Å². The summed E-state index contributed by atoms with van der Waals surface area (Å²) in [4.78, 5) is 16.8. The second-order valence-corrected chi connectivity index (χ2v) is 11.3. The lowest BCUT2D eigenvalue weighted by Gasteiger charge is -2.39. The molecule has 1 aromatic carbocycles. The average Bonchev–Trinajstić information content (AvgIpc) is 3.27. The molecule has 37 heavy (non-hydrogen) atoms. The molecule has 1 spiro atoms. The molecule has 0 radical (unpaired) electrons. The normalized spacial score (nSPS) is 24.6. The highest BCUT2D eigenvalue weighted by atomic mass is 16.5. The number of amides is 1. The number of benzene rings is 1. The maximum atomic E-state index is 12.3. The van der Waals surface area contributed by atoms with Crippen LogP contribution in [-0.2, 0) is 27.9 Å².